The molecule has 0 saturated carbocycles. The number of piperidine rings is 1. The number of carbonyl (C=O) groups is 1. The van der Waals surface area contributed by atoms with Crippen molar-refractivity contribution in [3.63, 3.8) is 0 Å². The molecule has 1 amide bonds. The second kappa shape index (κ2) is 8.20. The van der Waals surface area contributed by atoms with E-state index in [0.29, 0.717) is 6.42 Å². The van der Waals surface area contributed by atoms with Gasteiger partial charge in [-0.3, -0.25) is 4.79 Å². The normalized spacial score (nSPS) is 14.5. The van der Waals surface area contributed by atoms with Crippen molar-refractivity contribution in [1.82, 2.24) is 4.90 Å². The Morgan fingerprint density at radius 2 is 1.54 bits per heavy atom. The fraction of sp³-hybridized carbons (Fsp3) is 0.350. The van der Waals surface area contributed by atoms with Gasteiger partial charge in [0.15, 0.2) is 0 Å². The van der Waals surface area contributed by atoms with Gasteiger partial charge in [-0.25, -0.2) is 0 Å². The molecule has 1 N–H and O–H groups in total. The lowest BCUT2D eigenvalue weighted by Gasteiger charge is -2.26. The molecule has 0 unspecified atom stereocenters. The van der Waals surface area contributed by atoms with Crippen LogP contribution in [0.1, 0.15) is 30.4 Å². The molecular weight excluding hydrogens is 320 g/mol. The predicted octanol–water partition coefficient (Wildman–Crippen LogP) is 4.51. The number of likely N-dealkylation sites (tertiary alicyclic amines) is 1. The molecule has 126 valence electrons. The number of benzene rings is 2. The van der Waals surface area contributed by atoms with Crippen molar-refractivity contribution in [2.45, 2.75) is 32.2 Å². The molecule has 0 spiro atoms. The van der Waals surface area contributed by atoms with Crippen LogP contribution in [0, 0.1) is 0 Å². The molecule has 0 atom stereocenters. The summed E-state index contributed by atoms with van der Waals surface area (Å²) >= 11 is 5.89. The molecule has 1 saturated heterocycles. The van der Waals surface area contributed by atoms with Crippen LogP contribution in [0.4, 0.5) is 5.69 Å². The molecule has 0 aromatic heterocycles. The van der Waals surface area contributed by atoms with Crippen molar-refractivity contribution in [2.24, 2.45) is 0 Å². The Labute approximate surface area is 148 Å². The van der Waals surface area contributed by atoms with Crippen molar-refractivity contribution in [1.29, 1.82) is 0 Å². The fourth-order valence-electron chi connectivity index (χ4n) is 2.98. The number of rotatable bonds is 5. The monoisotopic (exact) mass is 342 g/mol. The minimum Gasteiger partial charge on any atom is -0.381 e. The molecular formula is C20H23ClN2O. The van der Waals surface area contributed by atoms with Crippen LogP contribution >= 0.6 is 11.6 Å². The Balaban J connectivity index is 1.51. The van der Waals surface area contributed by atoms with E-state index in [0.717, 1.165) is 48.7 Å². The van der Waals surface area contributed by atoms with Gasteiger partial charge in [-0.1, -0.05) is 35.9 Å². The number of amides is 1. The van der Waals surface area contributed by atoms with Crippen LogP contribution < -0.4 is 5.32 Å². The topological polar surface area (TPSA) is 32.3 Å². The van der Waals surface area contributed by atoms with Crippen LogP contribution in [-0.2, 0) is 17.8 Å². The number of hydrogen-bond acceptors (Lipinski definition) is 2. The van der Waals surface area contributed by atoms with E-state index in [2.05, 4.69) is 5.32 Å². The fourth-order valence-corrected chi connectivity index (χ4v) is 3.10. The summed E-state index contributed by atoms with van der Waals surface area (Å²) in [6.45, 7) is 2.59. The first-order valence-electron chi connectivity index (χ1n) is 8.56. The van der Waals surface area contributed by atoms with Crippen LogP contribution in [0.3, 0.4) is 0 Å². The molecule has 1 aliphatic rings. The van der Waals surface area contributed by atoms with E-state index >= 15 is 0 Å². The molecule has 2 aromatic carbocycles. The number of nitrogens with zero attached hydrogens (tertiary/aromatic N) is 1. The first-order chi connectivity index (χ1) is 11.7. The highest BCUT2D eigenvalue weighted by Crippen LogP contribution is 2.15. The van der Waals surface area contributed by atoms with Gasteiger partial charge >= 0.3 is 0 Å². The summed E-state index contributed by atoms with van der Waals surface area (Å²) in [5, 5.41) is 4.14. The highest BCUT2D eigenvalue weighted by molar-refractivity contribution is 6.30. The number of hydrogen-bond donors (Lipinski definition) is 1. The summed E-state index contributed by atoms with van der Waals surface area (Å²) in [6, 6.07) is 16.0. The van der Waals surface area contributed by atoms with Crippen LogP contribution in [0.2, 0.25) is 5.02 Å². The highest BCUT2D eigenvalue weighted by Gasteiger charge is 2.16. The van der Waals surface area contributed by atoms with Crippen molar-refractivity contribution >= 4 is 23.2 Å². The smallest absolute Gasteiger partial charge is 0.226 e. The lowest BCUT2D eigenvalue weighted by molar-refractivity contribution is -0.131. The molecule has 24 heavy (non-hydrogen) atoms. The third-order valence-corrected chi connectivity index (χ3v) is 4.68. The average Bonchev–Trinajstić information content (AvgIpc) is 2.63. The second-order valence-corrected chi connectivity index (χ2v) is 6.73. The molecule has 0 bridgehead atoms. The molecule has 4 heteroatoms. The lowest BCUT2D eigenvalue weighted by atomic mass is 10.1. The van der Waals surface area contributed by atoms with Crippen LogP contribution in [0.25, 0.3) is 0 Å². The van der Waals surface area contributed by atoms with Gasteiger partial charge in [-0.2, -0.15) is 0 Å². The number of carbonyl (C=O) groups excluding carboxylic acids is 1. The quantitative estimate of drug-likeness (QED) is 0.867. The van der Waals surface area contributed by atoms with Crippen LogP contribution in [0.5, 0.6) is 0 Å². The van der Waals surface area contributed by atoms with Gasteiger partial charge in [0.05, 0.1) is 6.42 Å². The Morgan fingerprint density at radius 1 is 0.917 bits per heavy atom. The standard InChI is InChI=1S/C20H23ClN2O/c21-18-8-4-17(5-9-18)15-22-19-10-6-16(7-11-19)14-20(24)23-12-2-1-3-13-23/h4-11,22H,1-3,12-15H2. The molecule has 3 nitrogen and oxygen atoms in total. The Bertz CT molecular complexity index is 661. The zero-order valence-corrected chi connectivity index (χ0v) is 14.6. The van der Waals surface area contributed by atoms with Gasteiger partial charge in [0.1, 0.15) is 0 Å². The highest BCUT2D eigenvalue weighted by atomic mass is 35.5. The van der Waals surface area contributed by atoms with Gasteiger partial charge in [0, 0.05) is 30.3 Å². The lowest BCUT2D eigenvalue weighted by Crippen LogP contribution is -2.36. The maximum Gasteiger partial charge on any atom is 0.226 e. The van der Waals surface area contributed by atoms with E-state index in [1.807, 2.05) is 53.4 Å². The SMILES string of the molecule is O=C(Cc1ccc(NCc2ccc(Cl)cc2)cc1)N1CCCCC1. The second-order valence-electron chi connectivity index (χ2n) is 6.30. The Morgan fingerprint density at radius 3 is 2.21 bits per heavy atom. The van der Waals surface area contributed by atoms with Crippen molar-refractivity contribution in [2.75, 3.05) is 18.4 Å². The number of halogens is 1. The van der Waals surface area contributed by atoms with Crippen molar-refractivity contribution < 1.29 is 4.79 Å². The van der Waals surface area contributed by atoms with E-state index in [1.54, 1.807) is 0 Å². The van der Waals surface area contributed by atoms with Gasteiger partial charge in [0.25, 0.3) is 0 Å². The molecule has 1 aliphatic heterocycles. The summed E-state index contributed by atoms with van der Waals surface area (Å²) in [7, 11) is 0. The van der Waals surface area contributed by atoms with E-state index in [1.165, 1.54) is 12.0 Å². The van der Waals surface area contributed by atoms with Gasteiger partial charge < -0.3 is 10.2 Å². The maximum absolute atomic E-state index is 12.3. The average molecular weight is 343 g/mol. The first kappa shape index (κ1) is 16.8. The first-order valence-corrected chi connectivity index (χ1v) is 8.93. The van der Waals surface area contributed by atoms with Crippen LogP contribution in [-0.4, -0.2) is 23.9 Å². The van der Waals surface area contributed by atoms with Gasteiger partial charge in [-0.05, 0) is 54.7 Å². The van der Waals surface area contributed by atoms with Gasteiger partial charge in [-0.15, -0.1) is 0 Å². The minimum atomic E-state index is 0.247. The molecule has 0 radical (unpaired) electrons. The third kappa shape index (κ3) is 4.75. The molecule has 0 aliphatic carbocycles. The van der Waals surface area contributed by atoms with E-state index in [-0.39, 0.29) is 5.91 Å². The molecule has 1 fully saturated rings. The van der Waals surface area contributed by atoms with Crippen LogP contribution in [0.15, 0.2) is 48.5 Å². The molecule has 2 aromatic rings. The predicted molar refractivity (Wildman–Crippen MR) is 99.4 cm³/mol. The zero-order chi connectivity index (χ0) is 16.8. The van der Waals surface area contributed by atoms with Crippen molar-refractivity contribution in [3.05, 3.63) is 64.7 Å². The number of anilines is 1. The molecule has 1 heterocycles. The summed E-state index contributed by atoms with van der Waals surface area (Å²) < 4.78 is 0. The molecule has 3 rings (SSSR count). The summed E-state index contributed by atoms with van der Waals surface area (Å²) in [5.74, 6) is 0.247. The summed E-state index contributed by atoms with van der Waals surface area (Å²) in [4.78, 5) is 14.3. The summed E-state index contributed by atoms with van der Waals surface area (Å²) in [5.41, 5.74) is 3.31. The third-order valence-electron chi connectivity index (χ3n) is 4.43. The largest absolute Gasteiger partial charge is 0.381 e. The van der Waals surface area contributed by atoms with E-state index < -0.39 is 0 Å². The van der Waals surface area contributed by atoms with E-state index in [4.69, 9.17) is 11.6 Å². The Kier molecular flexibility index (Phi) is 5.76. The maximum atomic E-state index is 12.3. The van der Waals surface area contributed by atoms with E-state index in [9.17, 15) is 4.79 Å². The Hall–Kier alpha value is -2.00. The van der Waals surface area contributed by atoms with Crippen molar-refractivity contribution in [3.8, 4) is 0 Å². The summed E-state index contributed by atoms with van der Waals surface area (Å²) in [6.07, 6.45) is 4.02. The van der Waals surface area contributed by atoms with Gasteiger partial charge in [0.2, 0.25) is 5.91 Å². The number of nitrogens with one attached hydrogen (secondary N) is 1. The minimum absolute atomic E-state index is 0.247. The zero-order valence-electron chi connectivity index (χ0n) is 13.8.